The first kappa shape index (κ1) is 19.4. The monoisotopic (exact) mass is 420 g/mol. The van der Waals surface area contributed by atoms with E-state index < -0.39 is 23.5 Å². The Hall–Kier alpha value is -3.58. The fourth-order valence-electron chi connectivity index (χ4n) is 4.21. The van der Waals surface area contributed by atoms with Crippen molar-refractivity contribution in [2.24, 2.45) is 0 Å². The van der Waals surface area contributed by atoms with Crippen LogP contribution in [0.4, 0.5) is 0 Å². The van der Waals surface area contributed by atoms with Gasteiger partial charge in [0.15, 0.2) is 0 Å². The van der Waals surface area contributed by atoms with Crippen molar-refractivity contribution in [3.8, 4) is 11.5 Å². The molecule has 2 atom stereocenters. The molecule has 2 aromatic carbocycles. The summed E-state index contributed by atoms with van der Waals surface area (Å²) in [7, 11) is 0. The smallest absolute Gasteiger partial charge is 0.344 e. The van der Waals surface area contributed by atoms with Crippen molar-refractivity contribution < 1.29 is 23.8 Å². The maximum atomic E-state index is 12.8. The van der Waals surface area contributed by atoms with Crippen LogP contribution in [0.15, 0.2) is 54.8 Å². The largest absolute Gasteiger partial charge is 0.507 e. The van der Waals surface area contributed by atoms with Crippen molar-refractivity contribution in [3.05, 3.63) is 79.5 Å². The zero-order valence-corrected chi connectivity index (χ0v) is 17.0. The molecule has 4 aromatic rings. The molecule has 2 aromatic heterocycles. The molecule has 31 heavy (non-hydrogen) atoms. The van der Waals surface area contributed by atoms with Gasteiger partial charge in [-0.1, -0.05) is 26.0 Å². The standard InChI is InChI=1S/C24H20O7/c1-3-11-5-7-15-13(9-11)20(25)18(23(27)29-15)17-19-21(31-22(17)26)14-10-12(4-2)6-8-16(14)30-24(19)28/h5-10,17,22,25-26H,3-4H2,1-2H3. The molecule has 0 amide bonds. The summed E-state index contributed by atoms with van der Waals surface area (Å²) in [5, 5.41) is 22.5. The van der Waals surface area contributed by atoms with Crippen LogP contribution in [0.1, 0.15) is 42.0 Å². The van der Waals surface area contributed by atoms with Gasteiger partial charge in [0.25, 0.3) is 0 Å². The molecule has 0 aliphatic carbocycles. The van der Waals surface area contributed by atoms with E-state index in [2.05, 4.69) is 0 Å². The minimum Gasteiger partial charge on any atom is -0.507 e. The van der Waals surface area contributed by atoms with E-state index in [1.807, 2.05) is 26.0 Å². The number of aryl methyl sites for hydroxylation is 2. The summed E-state index contributed by atoms with van der Waals surface area (Å²) in [6, 6.07) is 10.5. The fraction of sp³-hybridized carbons (Fsp3) is 0.250. The normalized spacial score (nSPS) is 17.8. The third-order valence-corrected chi connectivity index (χ3v) is 5.89. The van der Waals surface area contributed by atoms with Crippen LogP contribution in [-0.4, -0.2) is 16.5 Å². The SMILES string of the molecule is CCc1ccc2oc(=O)c(C3c4c(c5cc(CC)ccc5oc4=O)OC3O)c(O)c2c1. The average molecular weight is 420 g/mol. The first-order valence-corrected chi connectivity index (χ1v) is 10.2. The number of aliphatic hydroxyl groups is 1. The number of fused-ring (bicyclic) bond motifs is 4. The number of hydrogen-bond acceptors (Lipinski definition) is 7. The summed E-state index contributed by atoms with van der Waals surface area (Å²) in [5.74, 6) is -1.43. The lowest BCUT2D eigenvalue weighted by atomic mass is 9.91. The Balaban J connectivity index is 1.80. The van der Waals surface area contributed by atoms with Gasteiger partial charge in [-0.25, -0.2) is 9.59 Å². The average Bonchev–Trinajstić information content (AvgIpc) is 3.11. The molecule has 2 unspecified atom stereocenters. The van der Waals surface area contributed by atoms with Crippen molar-refractivity contribution >= 4 is 21.9 Å². The van der Waals surface area contributed by atoms with E-state index in [1.54, 1.807) is 24.3 Å². The van der Waals surface area contributed by atoms with Gasteiger partial charge in [-0.05, 0) is 48.2 Å². The molecule has 2 N–H and O–H groups in total. The second-order valence-corrected chi connectivity index (χ2v) is 7.64. The van der Waals surface area contributed by atoms with Crippen molar-refractivity contribution in [1.29, 1.82) is 0 Å². The Morgan fingerprint density at radius 3 is 2.00 bits per heavy atom. The third kappa shape index (κ3) is 2.84. The summed E-state index contributed by atoms with van der Waals surface area (Å²) in [5.41, 5.74) is 0.624. The maximum absolute atomic E-state index is 12.8. The van der Waals surface area contributed by atoms with Crippen molar-refractivity contribution in [3.63, 3.8) is 0 Å². The van der Waals surface area contributed by atoms with Crippen molar-refractivity contribution in [2.75, 3.05) is 0 Å². The highest BCUT2D eigenvalue weighted by molar-refractivity contribution is 5.88. The van der Waals surface area contributed by atoms with Crippen LogP contribution in [0.2, 0.25) is 0 Å². The lowest BCUT2D eigenvalue weighted by Gasteiger charge is -2.15. The van der Waals surface area contributed by atoms with Crippen molar-refractivity contribution in [1.82, 2.24) is 0 Å². The van der Waals surface area contributed by atoms with Gasteiger partial charge in [0, 0.05) is 0 Å². The molecule has 3 heterocycles. The minimum absolute atomic E-state index is 0.0122. The zero-order chi connectivity index (χ0) is 21.9. The van der Waals surface area contributed by atoms with E-state index in [9.17, 15) is 19.8 Å². The highest BCUT2D eigenvalue weighted by atomic mass is 16.6. The second-order valence-electron chi connectivity index (χ2n) is 7.64. The second kappa shape index (κ2) is 6.99. The number of rotatable bonds is 3. The van der Waals surface area contributed by atoms with Gasteiger partial charge in [0.1, 0.15) is 22.7 Å². The predicted molar refractivity (Wildman–Crippen MR) is 114 cm³/mol. The molecule has 7 nitrogen and oxygen atoms in total. The molecule has 1 aliphatic rings. The van der Waals surface area contributed by atoms with Gasteiger partial charge in [-0.2, -0.15) is 0 Å². The molecule has 1 aliphatic heterocycles. The quantitative estimate of drug-likeness (QED) is 0.488. The summed E-state index contributed by atoms with van der Waals surface area (Å²) in [6.45, 7) is 3.95. The van der Waals surface area contributed by atoms with Gasteiger partial charge >= 0.3 is 11.3 Å². The first-order chi connectivity index (χ1) is 14.9. The number of ether oxygens (including phenoxy) is 1. The van der Waals surface area contributed by atoms with Gasteiger partial charge in [-0.3, -0.25) is 0 Å². The summed E-state index contributed by atoms with van der Waals surface area (Å²) in [6.07, 6.45) is -0.0867. The Bertz CT molecular complexity index is 1460. The van der Waals surface area contributed by atoms with Gasteiger partial charge in [-0.15, -0.1) is 0 Å². The van der Waals surface area contributed by atoms with Crippen LogP contribution in [0.25, 0.3) is 21.9 Å². The van der Waals surface area contributed by atoms with E-state index in [-0.39, 0.29) is 28.2 Å². The number of hydrogen-bond donors (Lipinski definition) is 2. The van der Waals surface area contributed by atoms with E-state index in [0.717, 1.165) is 24.0 Å². The molecule has 0 bridgehead atoms. The Labute approximate surface area is 176 Å². The summed E-state index contributed by atoms with van der Waals surface area (Å²) in [4.78, 5) is 25.6. The minimum atomic E-state index is -1.56. The number of benzene rings is 2. The molecule has 0 radical (unpaired) electrons. The van der Waals surface area contributed by atoms with Crippen LogP contribution in [0.5, 0.6) is 11.5 Å². The zero-order valence-electron chi connectivity index (χ0n) is 17.0. The van der Waals surface area contributed by atoms with E-state index >= 15 is 0 Å². The maximum Gasteiger partial charge on any atom is 0.344 e. The summed E-state index contributed by atoms with van der Waals surface area (Å²) < 4.78 is 16.5. The third-order valence-electron chi connectivity index (χ3n) is 5.89. The molecule has 0 saturated heterocycles. The van der Waals surface area contributed by atoms with Crippen molar-refractivity contribution in [2.45, 2.75) is 38.9 Å². The van der Waals surface area contributed by atoms with E-state index in [1.165, 1.54) is 0 Å². The Kier molecular flexibility index (Phi) is 4.37. The Morgan fingerprint density at radius 1 is 0.839 bits per heavy atom. The molecule has 0 fully saturated rings. The molecule has 0 spiro atoms. The molecule has 7 heteroatoms. The van der Waals surface area contributed by atoms with Crippen LogP contribution in [0, 0.1) is 0 Å². The predicted octanol–water partition coefficient (Wildman–Crippen LogP) is 3.57. The number of aliphatic hydroxyl groups excluding tert-OH is 1. The van der Waals surface area contributed by atoms with Gasteiger partial charge in [0.2, 0.25) is 6.29 Å². The van der Waals surface area contributed by atoms with Crippen LogP contribution >= 0.6 is 0 Å². The molecule has 0 saturated carbocycles. The lowest BCUT2D eigenvalue weighted by Crippen LogP contribution is -2.26. The summed E-state index contributed by atoms with van der Waals surface area (Å²) >= 11 is 0. The molecule has 158 valence electrons. The Morgan fingerprint density at radius 2 is 1.39 bits per heavy atom. The fourth-order valence-corrected chi connectivity index (χ4v) is 4.21. The molecular formula is C24H20O7. The van der Waals surface area contributed by atoms with E-state index in [4.69, 9.17) is 13.6 Å². The first-order valence-electron chi connectivity index (χ1n) is 10.2. The lowest BCUT2D eigenvalue weighted by molar-refractivity contribution is -0.00987. The van der Waals surface area contributed by atoms with Gasteiger partial charge < -0.3 is 23.8 Å². The van der Waals surface area contributed by atoms with Gasteiger partial charge in [0.05, 0.1) is 27.8 Å². The van der Waals surface area contributed by atoms with Crippen LogP contribution < -0.4 is 16.0 Å². The topological polar surface area (TPSA) is 110 Å². The molecule has 5 rings (SSSR count). The highest BCUT2D eigenvalue weighted by Gasteiger charge is 2.43. The number of aromatic hydroxyl groups is 1. The highest BCUT2D eigenvalue weighted by Crippen LogP contribution is 2.46. The van der Waals surface area contributed by atoms with Crippen LogP contribution in [-0.2, 0) is 12.8 Å². The van der Waals surface area contributed by atoms with Crippen LogP contribution in [0.3, 0.4) is 0 Å². The molecular weight excluding hydrogens is 400 g/mol. The van der Waals surface area contributed by atoms with E-state index in [0.29, 0.717) is 16.4 Å².